The van der Waals surface area contributed by atoms with Crippen molar-refractivity contribution in [2.24, 2.45) is 5.92 Å². The molecule has 1 unspecified atom stereocenters. The van der Waals surface area contributed by atoms with E-state index in [0.717, 1.165) is 31.4 Å². The third-order valence-electron chi connectivity index (χ3n) is 5.86. The second-order valence-electron chi connectivity index (χ2n) is 10.0. The van der Waals surface area contributed by atoms with Gasteiger partial charge in [-0.15, -0.1) is 0 Å². The first-order valence-corrected chi connectivity index (χ1v) is 12.8. The number of unbranched alkanes of at least 4 members (excludes halogenated alkanes) is 1. The van der Waals surface area contributed by atoms with Gasteiger partial charge < -0.3 is 10.2 Å². The van der Waals surface area contributed by atoms with Crippen molar-refractivity contribution in [3.63, 3.8) is 0 Å². The number of hydrogen-bond acceptors (Lipinski definition) is 3. The van der Waals surface area contributed by atoms with Crippen molar-refractivity contribution in [3.8, 4) is 5.69 Å². The van der Waals surface area contributed by atoms with Gasteiger partial charge in [0.2, 0.25) is 11.8 Å². The van der Waals surface area contributed by atoms with Gasteiger partial charge in [-0.2, -0.15) is 5.10 Å². The molecule has 2 aromatic rings. The molecule has 1 aromatic heterocycles. The summed E-state index contributed by atoms with van der Waals surface area (Å²) in [4.78, 5) is 28.0. The molecule has 2 rings (SSSR count). The van der Waals surface area contributed by atoms with Crippen LogP contribution in [0, 0.1) is 5.92 Å². The minimum Gasteiger partial charge on any atom is -0.331 e. The first kappa shape index (κ1) is 28.2. The summed E-state index contributed by atoms with van der Waals surface area (Å²) in [5.41, 5.74) is 1.27. The number of nitrogens with zero attached hydrogens (tertiary/aromatic N) is 3. The average Bonchev–Trinajstić information content (AvgIpc) is 3.18. The van der Waals surface area contributed by atoms with Crippen molar-refractivity contribution in [1.82, 2.24) is 14.7 Å². The maximum Gasteiger partial charge on any atom is 0.245 e. The quantitative estimate of drug-likeness (QED) is 0.380. The maximum absolute atomic E-state index is 13.2. The normalized spacial score (nSPS) is 12.6. The Labute approximate surface area is 214 Å². The molecular weight excluding hydrogens is 471 g/mol. The largest absolute Gasteiger partial charge is 0.331 e. The zero-order valence-corrected chi connectivity index (χ0v) is 22.9. The lowest BCUT2D eigenvalue weighted by atomic mass is 9.92. The van der Waals surface area contributed by atoms with E-state index >= 15 is 0 Å². The molecule has 6 nitrogen and oxygen atoms in total. The summed E-state index contributed by atoms with van der Waals surface area (Å²) in [6, 6.07) is 6.98. The predicted octanol–water partition coefficient (Wildman–Crippen LogP) is 6.87. The number of nitrogens with one attached hydrogen (secondary N) is 1. The molecule has 0 aliphatic heterocycles. The highest BCUT2D eigenvalue weighted by Gasteiger charge is 2.27. The Kier molecular flexibility index (Phi) is 10.0. The first-order chi connectivity index (χ1) is 15.9. The molecule has 0 bridgehead atoms. The SMILES string of the molecule is CCCCC(CC)C(=O)N(CC(=O)Nc1cc(C(C)(C)C)nn1-c1ccc(Cl)c(Cl)c1)C(C)C. The van der Waals surface area contributed by atoms with Crippen LogP contribution in [-0.2, 0) is 15.0 Å². The highest BCUT2D eigenvalue weighted by molar-refractivity contribution is 6.42. The van der Waals surface area contributed by atoms with Gasteiger partial charge in [-0.3, -0.25) is 9.59 Å². The minimum atomic E-state index is -0.269. The van der Waals surface area contributed by atoms with Gasteiger partial charge in [-0.1, -0.05) is 70.7 Å². The molecule has 0 saturated heterocycles. The summed E-state index contributed by atoms with van der Waals surface area (Å²) >= 11 is 12.3. The monoisotopic (exact) mass is 508 g/mol. The Balaban J connectivity index is 2.31. The second kappa shape index (κ2) is 12.1. The van der Waals surface area contributed by atoms with Crippen LogP contribution in [0.25, 0.3) is 5.69 Å². The number of carbonyl (C=O) groups is 2. The molecule has 2 amide bonds. The van der Waals surface area contributed by atoms with E-state index in [4.69, 9.17) is 28.3 Å². The summed E-state index contributed by atoms with van der Waals surface area (Å²) < 4.78 is 1.65. The molecule has 1 aromatic carbocycles. The van der Waals surface area contributed by atoms with Crippen LogP contribution in [0.3, 0.4) is 0 Å². The number of hydrogen-bond donors (Lipinski definition) is 1. The van der Waals surface area contributed by atoms with Crippen LogP contribution in [0.1, 0.15) is 79.8 Å². The fraction of sp³-hybridized carbons (Fsp3) is 0.577. The molecule has 8 heteroatoms. The Morgan fingerprint density at radius 3 is 2.32 bits per heavy atom. The van der Waals surface area contributed by atoms with Crippen molar-refractivity contribution in [1.29, 1.82) is 0 Å². The standard InChI is InChI=1S/C26H38Cl2N4O2/c1-8-10-11-18(9-2)25(34)31(17(3)4)16-24(33)29-23-15-22(26(5,6)7)30-32(23)19-12-13-20(27)21(28)14-19/h12-15,17-18H,8-11,16H2,1-7H3,(H,29,33). The fourth-order valence-corrected chi connectivity index (χ4v) is 3.98. The van der Waals surface area contributed by atoms with Crippen LogP contribution in [0.2, 0.25) is 10.0 Å². The predicted molar refractivity (Wildman–Crippen MR) is 141 cm³/mol. The van der Waals surface area contributed by atoms with E-state index in [1.807, 2.05) is 26.8 Å². The van der Waals surface area contributed by atoms with Gasteiger partial charge in [-0.05, 0) is 44.9 Å². The van der Waals surface area contributed by atoms with Gasteiger partial charge in [0, 0.05) is 23.4 Å². The Morgan fingerprint density at radius 1 is 1.12 bits per heavy atom. The molecule has 0 radical (unpaired) electrons. The number of carbonyl (C=O) groups excluding carboxylic acids is 2. The van der Waals surface area contributed by atoms with E-state index < -0.39 is 0 Å². The number of anilines is 1. The number of amides is 2. The summed E-state index contributed by atoms with van der Waals surface area (Å²) in [6.07, 6.45) is 3.65. The van der Waals surface area contributed by atoms with Crippen LogP contribution < -0.4 is 5.32 Å². The molecule has 34 heavy (non-hydrogen) atoms. The van der Waals surface area contributed by atoms with E-state index in [-0.39, 0.29) is 35.7 Å². The van der Waals surface area contributed by atoms with Gasteiger partial charge in [0.1, 0.15) is 12.4 Å². The van der Waals surface area contributed by atoms with E-state index in [1.54, 1.807) is 27.8 Å². The molecule has 0 fully saturated rings. The average molecular weight is 510 g/mol. The van der Waals surface area contributed by atoms with E-state index in [0.29, 0.717) is 21.6 Å². The zero-order valence-electron chi connectivity index (χ0n) is 21.4. The highest BCUT2D eigenvalue weighted by Crippen LogP contribution is 2.29. The van der Waals surface area contributed by atoms with E-state index in [9.17, 15) is 9.59 Å². The lowest BCUT2D eigenvalue weighted by molar-refractivity contribution is -0.140. The van der Waals surface area contributed by atoms with Crippen LogP contribution in [0.15, 0.2) is 24.3 Å². The number of aromatic nitrogens is 2. The first-order valence-electron chi connectivity index (χ1n) is 12.0. The van der Waals surface area contributed by atoms with Crippen molar-refractivity contribution >= 4 is 40.8 Å². The summed E-state index contributed by atoms with van der Waals surface area (Å²) in [7, 11) is 0. The van der Waals surface area contributed by atoms with Crippen LogP contribution >= 0.6 is 23.2 Å². The highest BCUT2D eigenvalue weighted by atomic mass is 35.5. The maximum atomic E-state index is 13.2. The van der Waals surface area contributed by atoms with Gasteiger partial charge in [0.05, 0.1) is 21.4 Å². The van der Waals surface area contributed by atoms with Crippen LogP contribution in [0.4, 0.5) is 5.82 Å². The smallest absolute Gasteiger partial charge is 0.245 e. The third-order valence-corrected chi connectivity index (χ3v) is 6.60. The zero-order chi connectivity index (χ0) is 25.6. The Hall–Kier alpha value is -2.05. The molecular formula is C26H38Cl2N4O2. The van der Waals surface area contributed by atoms with Crippen molar-refractivity contribution in [2.75, 3.05) is 11.9 Å². The molecule has 0 saturated carbocycles. The second-order valence-corrected chi connectivity index (χ2v) is 10.8. The fourth-order valence-electron chi connectivity index (χ4n) is 3.69. The molecule has 1 heterocycles. The van der Waals surface area contributed by atoms with Gasteiger partial charge >= 0.3 is 0 Å². The summed E-state index contributed by atoms with van der Waals surface area (Å²) in [5, 5.41) is 8.53. The number of rotatable bonds is 10. The van der Waals surface area contributed by atoms with Gasteiger partial charge in [0.15, 0.2) is 0 Å². The van der Waals surface area contributed by atoms with E-state index in [1.165, 1.54) is 0 Å². The molecule has 1 atom stereocenters. The number of halogens is 2. The third kappa shape index (κ3) is 7.22. The Morgan fingerprint density at radius 2 is 1.79 bits per heavy atom. The lowest BCUT2D eigenvalue weighted by Gasteiger charge is -2.30. The minimum absolute atomic E-state index is 0.0173. The summed E-state index contributed by atoms with van der Waals surface area (Å²) in [6.45, 7) is 14.2. The van der Waals surface area contributed by atoms with Crippen LogP contribution in [-0.4, -0.2) is 39.1 Å². The van der Waals surface area contributed by atoms with Gasteiger partial charge in [-0.25, -0.2) is 4.68 Å². The van der Waals surface area contributed by atoms with Crippen LogP contribution in [0.5, 0.6) is 0 Å². The molecule has 0 aliphatic carbocycles. The van der Waals surface area contributed by atoms with Crippen molar-refractivity contribution in [2.45, 2.75) is 85.6 Å². The molecule has 1 N–H and O–H groups in total. The topological polar surface area (TPSA) is 67.2 Å². The van der Waals surface area contributed by atoms with Gasteiger partial charge in [0.25, 0.3) is 0 Å². The molecule has 188 valence electrons. The van der Waals surface area contributed by atoms with E-state index in [2.05, 4.69) is 33.0 Å². The lowest BCUT2D eigenvalue weighted by Crippen LogP contribution is -2.45. The molecule has 0 spiro atoms. The molecule has 0 aliphatic rings. The van der Waals surface area contributed by atoms with Crippen molar-refractivity contribution in [3.05, 3.63) is 40.0 Å². The number of benzene rings is 1. The van der Waals surface area contributed by atoms with Crippen molar-refractivity contribution < 1.29 is 9.59 Å². The Bertz CT molecular complexity index is 995. The summed E-state index contributed by atoms with van der Waals surface area (Å²) in [5.74, 6) is 0.218.